The lowest BCUT2D eigenvalue weighted by atomic mass is 10.1. The molecule has 0 N–H and O–H groups in total. The molecule has 1 saturated heterocycles. The number of hydrogen-bond acceptors (Lipinski definition) is 4. The zero-order valence-corrected chi connectivity index (χ0v) is 19.5. The first-order valence-electron chi connectivity index (χ1n) is 10.9. The van der Waals surface area contributed by atoms with Gasteiger partial charge in [0.05, 0.1) is 11.4 Å². The van der Waals surface area contributed by atoms with Gasteiger partial charge in [0.1, 0.15) is 0 Å². The van der Waals surface area contributed by atoms with Crippen molar-refractivity contribution in [2.24, 2.45) is 0 Å². The Hall–Kier alpha value is -2.51. The molecule has 3 aromatic rings. The molecule has 4 rings (SSSR count). The van der Waals surface area contributed by atoms with Crippen molar-refractivity contribution in [3.05, 3.63) is 76.0 Å². The van der Waals surface area contributed by atoms with E-state index in [0.717, 1.165) is 67.8 Å². The molecule has 0 aliphatic carbocycles. The number of carbonyl (C=O) groups is 1. The van der Waals surface area contributed by atoms with Crippen LogP contribution in [0.15, 0.2) is 59.1 Å². The van der Waals surface area contributed by atoms with Crippen LogP contribution >= 0.6 is 15.9 Å². The van der Waals surface area contributed by atoms with E-state index in [1.807, 2.05) is 36.1 Å². The van der Waals surface area contributed by atoms with Gasteiger partial charge in [-0.25, -0.2) is 4.68 Å². The molecule has 31 heavy (non-hydrogen) atoms. The Morgan fingerprint density at radius 2 is 1.87 bits per heavy atom. The van der Waals surface area contributed by atoms with Crippen molar-refractivity contribution in [3.63, 3.8) is 0 Å². The molecule has 7 heteroatoms. The SMILES string of the molecule is Cc1c(C(=O)N2CCCN(CCCc3ccccc3)CC2)nnn1-c1cccc(Br)c1. The highest BCUT2D eigenvalue weighted by Crippen LogP contribution is 2.18. The van der Waals surface area contributed by atoms with Gasteiger partial charge in [-0.3, -0.25) is 4.79 Å². The van der Waals surface area contributed by atoms with E-state index in [-0.39, 0.29) is 5.91 Å². The molecule has 0 radical (unpaired) electrons. The molecule has 6 nitrogen and oxygen atoms in total. The van der Waals surface area contributed by atoms with Gasteiger partial charge in [0.25, 0.3) is 5.91 Å². The first kappa shape index (κ1) is 21.7. The Kier molecular flexibility index (Phi) is 7.14. The number of aromatic nitrogens is 3. The summed E-state index contributed by atoms with van der Waals surface area (Å²) in [6.45, 7) is 6.39. The molecule has 0 saturated carbocycles. The Morgan fingerprint density at radius 1 is 1.03 bits per heavy atom. The molecule has 0 bridgehead atoms. The number of nitrogens with zero attached hydrogens (tertiary/aromatic N) is 5. The summed E-state index contributed by atoms with van der Waals surface area (Å²) >= 11 is 3.49. The molecule has 1 amide bonds. The van der Waals surface area contributed by atoms with Crippen LogP contribution in [0.1, 0.15) is 34.6 Å². The fraction of sp³-hybridized carbons (Fsp3) is 0.375. The van der Waals surface area contributed by atoms with Crippen molar-refractivity contribution in [2.45, 2.75) is 26.2 Å². The summed E-state index contributed by atoms with van der Waals surface area (Å²) in [5, 5.41) is 8.46. The molecule has 2 aromatic carbocycles. The zero-order chi connectivity index (χ0) is 21.6. The first-order valence-corrected chi connectivity index (χ1v) is 11.6. The number of amides is 1. The lowest BCUT2D eigenvalue weighted by Crippen LogP contribution is -2.36. The molecule has 2 heterocycles. The summed E-state index contributed by atoms with van der Waals surface area (Å²) in [7, 11) is 0. The van der Waals surface area contributed by atoms with Gasteiger partial charge in [-0.15, -0.1) is 5.10 Å². The Morgan fingerprint density at radius 3 is 2.68 bits per heavy atom. The van der Waals surface area contributed by atoms with Gasteiger partial charge in [-0.2, -0.15) is 0 Å². The molecule has 162 valence electrons. The minimum absolute atomic E-state index is 0.0233. The molecular weight excluding hydrogens is 454 g/mol. The highest BCUT2D eigenvalue weighted by atomic mass is 79.9. The van der Waals surface area contributed by atoms with Crippen molar-refractivity contribution in [2.75, 3.05) is 32.7 Å². The highest BCUT2D eigenvalue weighted by Gasteiger charge is 2.25. The number of hydrogen-bond donors (Lipinski definition) is 0. The van der Waals surface area contributed by atoms with Crippen LogP contribution in [0.3, 0.4) is 0 Å². The lowest BCUT2D eigenvalue weighted by molar-refractivity contribution is 0.0754. The van der Waals surface area contributed by atoms with E-state index in [9.17, 15) is 4.79 Å². The fourth-order valence-corrected chi connectivity index (χ4v) is 4.47. The maximum Gasteiger partial charge on any atom is 0.276 e. The van der Waals surface area contributed by atoms with Gasteiger partial charge in [0, 0.05) is 24.1 Å². The largest absolute Gasteiger partial charge is 0.336 e. The molecule has 1 aromatic heterocycles. The molecular formula is C24H28BrN5O. The van der Waals surface area contributed by atoms with Gasteiger partial charge in [0.15, 0.2) is 5.69 Å². The third-order valence-corrected chi connectivity index (χ3v) is 6.30. The smallest absolute Gasteiger partial charge is 0.276 e. The molecule has 1 aliphatic rings. The van der Waals surface area contributed by atoms with Crippen LogP contribution < -0.4 is 0 Å². The van der Waals surface area contributed by atoms with Crippen LogP contribution in [0.4, 0.5) is 0 Å². The lowest BCUT2D eigenvalue weighted by Gasteiger charge is -2.21. The van der Waals surface area contributed by atoms with Crippen LogP contribution in [0.25, 0.3) is 5.69 Å². The zero-order valence-electron chi connectivity index (χ0n) is 17.9. The standard InChI is InChI=1S/C24H28BrN5O/c1-19-23(26-27-30(19)22-12-5-11-21(25)18-22)24(31)29-15-7-14-28(16-17-29)13-6-10-20-8-3-2-4-9-20/h2-5,8-9,11-12,18H,6-7,10,13-17H2,1H3. The minimum Gasteiger partial charge on any atom is -0.336 e. The molecule has 0 unspecified atom stereocenters. The van der Waals surface area contributed by atoms with Crippen molar-refractivity contribution in [3.8, 4) is 5.69 Å². The average Bonchev–Trinajstić information content (AvgIpc) is 3.01. The summed E-state index contributed by atoms with van der Waals surface area (Å²) in [5.74, 6) is -0.0233. The van der Waals surface area contributed by atoms with Crippen molar-refractivity contribution < 1.29 is 4.79 Å². The topological polar surface area (TPSA) is 54.3 Å². The fourth-order valence-electron chi connectivity index (χ4n) is 4.08. The second-order valence-electron chi connectivity index (χ2n) is 7.99. The van der Waals surface area contributed by atoms with Crippen molar-refractivity contribution in [1.29, 1.82) is 0 Å². The Labute approximate surface area is 192 Å². The Balaban J connectivity index is 1.34. The third kappa shape index (κ3) is 5.40. The molecule has 0 spiro atoms. The van der Waals surface area contributed by atoms with Crippen molar-refractivity contribution in [1.82, 2.24) is 24.8 Å². The Bertz CT molecular complexity index is 1020. The number of aryl methyl sites for hydroxylation is 1. The van der Waals surface area contributed by atoms with E-state index >= 15 is 0 Å². The van der Waals surface area contributed by atoms with Gasteiger partial charge in [0.2, 0.25) is 0 Å². The van der Waals surface area contributed by atoms with Crippen molar-refractivity contribution >= 4 is 21.8 Å². The second kappa shape index (κ2) is 10.2. The predicted molar refractivity (Wildman–Crippen MR) is 126 cm³/mol. The quantitative estimate of drug-likeness (QED) is 0.531. The highest BCUT2D eigenvalue weighted by molar-refractivity contribution is 9.10. The van der Waals surface area contributed by atoms with Crippen LogP contribution in [0, 0.1) is 6.92 Å². The normalized spacial score (nSPS) is 15.1. The molecule has 0 atom stereocenters. The van der Waals surface area contributed by atoms with Crippen LogP contribution in [0.2, 0.25) is 0 Å². The van der Waals surface area contributed by atoms with Crippen LogP contribution in [-0.4, -0.2) is 63.4 Å². The minimum atomic E-state index is -0.0233. The van der Waals surface area contributed by atoms with E-state index < -0.39 is 0 Å². The van der Waals surface area contributed by atoms with E-state index in [0.29, 0.717) is 5.69 Å². The van der Waals surface area contributed by atoms with Crippen LogP contribution in [-0.2, 0) is 6.42 Å². The predicted octanol–water partition coefficient (Wildman–Crippen LogP) is 4.12. The number of rotatable bonds is 6. The average molecular weight is 482 g/mol. The monoisotopic (exact) mass is 481 g/mol. The van der Waals surface area contributed by atoms with E-state index in [1.165, 1.54) is 5.56 Å². The molecule has 1 fully saturated rings. The van der Waals surface area contributed by atoms with E-state index in [2.05, 4.69) is 61.5 Å². The second-order valence-corrected chi connectivity index (χ2v) is 8.91. The summed E-state index contributed by atoms with van der Waals surface area (Å²) in [5.41, 5.74) is 3.49. The van der Waals surface area contributed by atoms with E-state index in [1.54, 1.807) is 4.68 Å². The first-order chi connectivity index (χ1) is 15.1. The summed E-state index contributed by atoms with van der Waals surface area (Å²) in [4.78, 5) is 17.6. The van der Waals surface area contributed by atoms with Gasteiger partial charge < -0.3 is 9.80 Å². The third-order valence-electron chi connectivity index (χ3n) is 5.81. The van der Waals surface area contributed by atoms with E-state index in [4.69, 9.17) is 0 Å². The molecule has 1 aliphatic heterocycles. The number of halogens is 1. The number of benzene rings is 2. The summed E-state index contributed by atoms with van der Waals surface area (Å²) in [6.07, 6.45) is 3.21. The maximum atomic E-state index is 13.2. The number of carbonyl (C=O) groups excluding carboxylic acids is 1. The van der Waals surface area contributed by atoms with Gasteiger partial charge in [-0.05, 0) is 63.0 Å². The van der Waals surface area contributed by atoms with Crippen LogP contribution in [0.5, 0.6) is 0 Å². The summed E-state index contributed by atoms with van der Waals surface area (Å²) < 4.78 is 2.69. The van der Waals surface area contributed by atoms with Gasteiger partial charge in [-0.1, -0.05) is 57.5 Å². The maximum absolute atomic E-state index is 13.2. The van der Waals surface area contributed by atoms with Gasteiger partial charge >= 0.3 is 0 Å². The summed E-state index contributed by atoms with van der Waals surface area (Å²) in [6, 6.07) is 18.5.